The number of aliphatic hydroxyl groups is 1. The van der Waals surface area contributed by atoms with Gasteiger partial charge in [0.1, 0.15) is 11.5 Å². The van der Waals surface area contributed by atoms with E-state index in [2.05, 4.69) is 13.8 Å². The molecule has 3 aromatic rings. The van der Waals surface area contributed by atoms with Gasteiger partial charge in [-0.2, -0.15) is 0 Å². The second-order valence-corrected chi connectivity index (χ2v) is 9.95. The van der Waals surface area contributed by atoms with Crippen LogP contribution >= 0.6 is 0 Å². The Morgan fingerprint density at radius 2 is 1.64 bits per heavy atom. The highest BCUT2D eigenvalue weighted by Crippen LogP contribution is 2.42. The van der Waals surface area contributed by atoms with Crippen LogP contribution in [0.5, 0.6) is 5.75 Å². The first-order valence-corrected chi connectivity index (χ1v) is 13.1. The lowest BCUT2D eigenvalue weighted by Gasteiger charge is -2.25. The average molecular weight is 528 g/mol. The van der Waals surface area contributed by atoms with Crippen LogP contribution in [-0.2, 0) is 14.3 Å². The lowest BCUT2D eigenvalue weighted by Crippen LogP contribution is -2.29. The van der Waals surface area contributed by atoms with Gasteiger partial charge in [-0.1, -0.05) is 51.1 Å². The molecule has 1 unspecified atom stereocenters. The summed E-state index contributed by atoms with van der Waals surface area (Å²) in [5.74, 6) is -1.22. The summed E-state index contributed by atoms with van der Waals surface area (Å²) < 4.78 is 11.0. The number of hydrogen-bond donors (Lipinski definition) is 1. The van der Waals surface area contributed by atoms with Gasteiger partial charge < -0.3 is 14.6 Å². The Morgan fingerprint density at radius 1 is 0.974 bits per heavy atom. The van der Waals surface area contributed by atoms with Gasteiger partial charge in [0.2, 0.25) is 0 Å². The van der Waals surface area contributed by atoms with Crippen molar-refractivity contribution in [3.63, 3.8) is 0 Å². The molecule has 3 aromatic carbocycles. The smallest absolute Gasteiger partial charge is 0.338 e. The molecule has 1 saturated heterocycles. The van der Waals surface area contributed by atoms with Crippen molar-refractivity contribution in [3.8, 4) is 5.75 Å². The van der Waals surface area contributed by atoms with Gasteiger partial charge in [-0.25, -0.2) is 4.79 Å². The fourth-order valence-corrected chi connectivity index (χ4v) is 4.46. The van der Waals surface area contributed by atoms with Gasteiger partial charge >= 0.3 is 5.97 Å². The first-order chi connectivity index (χ1) is 18.7. The number of benzene rings is 3. The average Bonchev–Trinajstić information content (AvgIpc) is 3.21. The number of Topliss-reactive ketones (excluding diaryl/α,β-unsaturated/α-hetero) is 1. The Kier molecular flexibility index (Phi) is 8.49. The van der Waals surface area contributed by atoms with Crippen LogP contribution < -0.4 is 9.64 Å². The highest BCUT2D eigenvalue weighted by atomic mass is 16.5. The fraction of sp³-hybridized carbons (Fsp3) is 0.281. The Labute approximate surface area is 228 Å². The van der Waals surface area contributed by atoms with Crippen molar-refractivity contribution < 1.29 is 29.0 Å². The molecule has 0 aromatic heterocycles. The highest BCUT2D eigenvalue weighted by molar-refractivity contribution is 6.51. The van der Waals surface area contributed by atoms with E-state index in [0.717, 1.165) is 5.56 Å². The topological polar surface area (TPSA) is 93.1 Å². The summed E-state index contributed by atoms with van der Waals surface area (Å²) in [6.07, 6.45) is 0.707. The maximum absolute atomic E-state index is 13.4. The maximum Gasteiger partial charge on any atom is 0.338 e. The maximum atomic E-state index is 13.4. The van der Waals surface area contributed by atoms with Crippen molar-refractivity contribution in [3.05, 3.63) is 101 Å². The summed E-state index contributed by atoms with van der Waals surface area (Å²) in [6.45, 7) is 8.77. The SMILES string of the molecule is CCCOC(=O)c1ccc(N2C(=O)C(=O)/C(=C(\O)c3ccc(OCC(C)C)c(C)c3)C2c2ccccc2)cc1. The lowest BCUT2D eigenvalue weighted by atomic mass is 9.94. The summed E-state index contributed by atoms with van der Waals surface area (Å²) in [7, 11) is 0. The van der Waals surface area contributed by atoms with E-state index in [-0.39, 0.29) is 11.3 Å². The Balaban J connectivity index is 1.76. The van der Waals surface area contributed by atoms with Crippen LogP contribution in [0.25, 0.3) is 5.76 Å². The van der Waals surface area contributed by atoms with E-state index in [4.69, 9.17) is 9.47 Å². The van der Waals surface area contributed by atoms with Crippen LogP contribution in [0.2, 0.25) is 0 Å². The second-order valence-electron chi connectivity index (χ2n) is 9.95. The van der Waals surface area contributed by atoms with Crippen LogP contribution in [0.3, 0.4) is 0 Å². The third-order valence-electron chi connectivity index (χ3n) is 6.40. The van der Waals surface area contributed by atoms with E-state index < -0.39 is 23.7 Å². The quantitative estimate of drug-likeness (QED) is 0.154. The molecule has 1 amide bonds. The molecule has 7 nitrogen and oxygen atoms in total. The Morgan fingerprint density at radius 3 is 2.26 bits per heavy atom. The van der Waals surface area contributed by atoms with E-state index in [9.17, 15) is 19.5 Å². The zero-order chi connectivity index (χ0) is 28.1. The number of anilines is 1. The van der Waals surface area contributed by atoms with Gasteiger partial charge in [0.15, 0.2) is 0 Å². The molecule has 1 heterocycles. The van der Waals surface area contributed by atoms with Crippen molar-refractivity contribution in [1.82, 2.24) is 0 Å². The molecule has 0 saturated carbocycles. The Hall–Kier alpha value is -4.39. The zero-order valence-corrected chi connectivity index (χ0v) is 22.6. The molecule has 1 aliphatic rings. The second kappa shape index (κ2) is 12.0. The summed E-state index contributed by atoms with van der Waals surface area (Å²) in [4.78, 5) is 40.4. The largest absolute Gasteiger partial charge is 0.507 e. The molecule has 7 heteroatoms. The number of carbonyl (C=O) groups is 3. The minimum absolute atomic E-state index is 0.00659. The van der Waals surface area contributed by atoms with Crippen LogP contribution in [-0.4, -0.2) is 36.0 Å². The minimum atomic E-state index is -0.860. The predicted molar refractivity (Wildman–Crippen MR) is 150 cm³/mol. The van der Waals surface area contributed by atoms with E-state index >= 15 is 0 Å². The van der Waals surface area contributed by atoms with E-state index in [1.165, 1.54) is 4.90 Å². The number of rotatable bonds is 9. The number of aliphatic hydroxyl groups excluding tert-OH is 1. The van der Waals surface area contributed by atoms with Crippen LogP contribution in [0.15, 0.2) is 78.4 Å². The molecule has 1 fully saturated rings. The van der Waals surface area contributed by atoms with Crippen LogP contribution in [0.1, 0.15) is 60.3 Å². The number of esters is 1. The molecular formula is C32H33NO6. The molecule has 1 N–H and O–H groups in total. The number of aryl methyl sites for hydroxylation is 1. The van der Waals surface area contributed by atoms with E-state index in [1.54, 1.807) is 54.6 Å². The van der Waals surface area contributed by atoms with E-state index in [1.807, 2.05) is 32.0 Å². The van der Waals surface area contributed by atoms with Gasteiger partial charge in [-0.3, -0.25) is 14.5 Å². The van der Waals surface area contributed by atoms with Gasteiger partial charge in [0.25, 0.3) is 11.7 Å². The van der Waals surface area contributed by atoms with Crippen LogP contribution in [0.4, 0.5) is 5.69 Å². The zero-order valence-electron chi connectivity index (χ0n) is 22.6. The molecule has 0 aliphatic carbocycles. The summed E-state index contributed by atoms with van der Waals surface area (Å²) in [6, 6.07) is 19.7. The monoisotopic (exact) mass is 527 g/mol. The molecule has 0 bridgehead atoms. The number of amides is 1. The third-order valence-corrected chi connectivity index (χ3v) is 6.40. The van der Waals surface area contributed by atoms with E-state index in [0.29, 0.717) is 53.7 Å². The number of carbonyl (C=O) groups excluding carboxylic acids is 3. The number of hydrogen-bond acceptors (Lipinski definition) is 6. The van der Waals surface area contributed by atoms with Gasteiger partial charge in [0.05, 0.1) is 30.4 Å². The normalized spacial score (nSPS) is 16.5. The number of ether oxygens (including phenoxy) is 2. The fourth-order valence-electron chi connectivity index (χ4n) is 4.46. The molecule has 4 rings (SSSR count). The van der Waals surface area contributed by atoms with Crippen molar-refractivity contribution in [2.75, 3.05) is 18.1 Å². The van der Waals surface area contributed by atoms with Crippen molar-refractivity contribution in [2.24, 2.45) is 5.92 Å². The first kappa shape index (κ1) is 27.6. The van der Waals surface area contributed by atoms with Gasteiger partial charge in [-0.15, -0.1) is 0 Å². The van der Waals surface area contributed by atoms with Gasteiger partial charge in [0, 0.05) is 11.3 Å². The van der Waals surface area contributed by atoms with Crippen molar-refractivity contribution in [2.45, 2.75) is 40.2 Å². The summed E-state index contributed by atoms with van der Waals surface area (Å²) in [5, 5.41) is 11.4. The lowest BCUT2D eigenvalue weighted by molar-refractivity contribution is -0.132. The molecular weight excluding hydrogens is 494 g/mol. The van der Waals surface area contributed by atoms with Crippen LogP contribution in [0, 0.1) is 12.8 Å². The number of nitrogens with zero attached hydrogens (tertiary/aromatic N) is 1. The molecule has 1 aliphatic heterocycles. The van der Waals surface area contributed by atoms with Gasteiger partial charge in [-0.05, 0) is 72.9 Å². The molecule has 39 heavy (non-hydrogen) atoms. The highest BCUT2D eigenvalue weighted by Gasteiger charge is 2.47. The predicted octanol–water partition coefficient (Wildman–Crippen LogP) is 6.22. The first-order valence-electron chi connectivity index (χ1n) is 13.1. The number of ketones is 1. The molecule has 1 atom stereocenters. The van der Waals surface area contributed by atoms with Crippen molar-refractivity contribution >= 4 is 29.1 Å². The molecule has 202 valence electrons. The molecule has 0 spiro atoms. The standard InChI is InChI=1S/C32H33NO6/c1-5-17-38-32(37)23-11-14-25(15-12-23)33-28(22-9-7-6-8-10-22)27(30(35)31(33)36)29(34)24-13-16-26(21(4)18-24)39-19-20(2)3/h6-16,18,20,28,34H,5,17,19H2,1-4H3/b29-27-. The summed E-state index contributed by atoms with van der Waals surface area (Å²) in [5.41, 5.74) is 2.64. The third kappa shape index (κ3) is 5.87. The van der Waals surface area contributed by atoms with Crippen molar-refractivity contribution in [1.29, 1.82) is 0 Å². The minimum Gasteiger partial charge on any atom is -0.507 e. The molecule has 0 radical (unpaired) electrons. The Bertz CT molecular complexity index is 1390. The summed E-state index contributed by atoms with van der Waals surface area (Å²) >= 11 is 0.